The lowest BCUT2D eigenvalue weighted by atomic mass is 10.2. The van der Waals surface area contributed by atoms with Gasteiger partial charge in [0.15, 0.2) is 25.9 Å². The largest absolute Gasteiger partial charge is 0.411 e. The van der Waals surface area contributed by atoms with Crippen molar-refractivity contribution in [3.8, 4) is 0 Å². The second-order valence-corrected chi connectivity index (χ2v) is 7.43. The predicted molar refractivity (Wildman–Crippen MR) is 120 cm³/mol. The van der Waals surface area contributed by atoms with Crippen LogP contribution in [0.5, 0.6) is 0 Å². The molecule has 0 aliphatic rings. The maximum atomic E-state index is 9.13. The Morgan fingerprint density at radius 2 is 1.12 bits per heavy atom. The lowest BCUT2D eigenvalue weighted by Gasteiger charge is -2.04. The highest BCUT2D eigenvalue weighted by atomic mass is 16.5. The molecule has 9 nitrogen and oxygen atoms in total. The molecule has 33 heavy (non-hydrogen) atoms. The van der Waals surface area contributed by atoms with Gasteiger partial charge in [-0.3, -0.25) is 0 Å². The van der Waals surface area contributed by atoms with Crippen molar-refractivity contribution < 1.29 is 24.3 Å². The van der Waals surface area contributed by atoms with E-state index in [1.54, 1.807) is 0 Å². The number of hydrogen-bond acceptors (Lipinski definition) is 5. The lowest BCUT2D eigenvalue weighted by Crippen LogP contribution is -2.38. The van der Waals surface area contributed by atoms with Gasteiger partial charge in [0.25, 0.3) is 0 Å². The Hall–Kier alpha value is -4.24. The molecule has 2 aromatic carbocycles. The first-order valence-corrected chi connectivity index (χ1v) is 10.5. The molecule has 168 valence electrons. The summed E-state index contributed by atoms with van der Waals surface area (Å²) in [6.07, 6.45) is 10.4. The molecule has 0 aliphatic heterocycles. The first-order chi connectivity index (χ1) is 16.3. The SMILES string of the molecule is O/N=C\c1n(COCn2cc[n+](Cc3ccccc3)c2/C=N\O)cc[n+]1Cc1ccccc1. The number of ether oxygens (including phenoxy) is 1. The second-order valence-electron chi connectivity index (χ2n) is 7.43. The maximum Gasteiger partial charge on any atom is 0.305 e. The van der Waals surface area contributed by atoms with E-state index in [1.165, 1.54) is 12.4 Å². The predicted octanol–water partition coefficient (Wildman–Crippen LogP) is 2.21. The van der Waals surface area contributed by atoms with E-state index in [-0.39, 0.29) is 13.5 Å². The Kier molecular flexibility index (Phi) is 7.24. The number of imidazole rings is 2. The van der Waals surface area contributed by atoms with Gasteiger partial charge in [-0.15, -0.1) is 0 Å². The molecule has 0 saturated heterocycles. The van der Waals surface area contributed by atoms with Crippen LogP contribution in [0.1, 0.15) is 22.8 Å². The fourth-order valence-electron chi connectivity index (χ4n) is 3.64. The molecule has 0 spiro atoms. The van der Waals surface area contributed by atoms with Crippen molar-refractivity contribution in [2.45, 2.75) is 26.6 Å². The summed E-state index contributed by atoms with van der Waals surface area (Å²) in [7, 11) is 0. The van der Waals surface area contributed by atoms with Crippen molar-refractivity contribution in [2.24, 2.45) is 10.3 Å². The fraction of sp³-hybridized carbons (Fsp3) is 0.167. The van der Waals surface area contributed by atoms with E-state index >= 15 is 0 Å². The van der Waals surface area contributed by atoms with Gasteiger partial charge < -0.3 is 15.2 Å². The van der Waals surface area contributed by atoms with Gasteiger partial charge in [-0.05, 0) is 11.1 Å². The summed E-state index contributed by atoms with van der Waals surface area (Å²) in [6, 6.07) is 20.1. The van der Waals surface area contributed by atoms with Crippen LogP contribution < -0.4 is 9.13 Å². The van der Waals surface area contributed by atoms with Crippen LogP contribution in [-0.4, -0.2) is 32.0 Å². The Bertz CT molecular complexity index is 1120. The van der Waals surface area contributed by atoms with Crippen LogP contribution in [0.2, 0.25) is 0 Å². The first kappa shape index (κ1) is 22.0. The molecule has 2 N–H and O–H groups in total. The molecule has 0 fully saturated rings. The van der Waals surface area contributed by atoms with E-state index < -0.39 is 0 Å². The highest BCUT2D eigenvalue weighted by Gasteiger charge is 2.19. The van der Waals surface area contributed by atoms with E-state index in [9.17, 15) is 0 Å². The van der Waals surface area contributed by atoms with Crippen molar-refractivity contribution in [1.82, 2.24) is 9.13 Å². The summed E-state index contributed by atoms with van der Waals surface area (Å²) in [6.45, 7) is 1.78. The third kappa shape index (κ3) is 5.52. The van der Waals surface area contributed by atoms with Gasteiger partial charge in [0.05, 0.1) is 0 Å². The first-order valence-electron chi connectivity index (χ1n) is 10.5. The quantitative estimate of drug-likeness (QED) is 0.169. The van der Waals surface area contributed by atoms with Crippen molar-refractivity contribution >= 4 is 12.4 Å². The summed E-state index contributed by atoms with van der Waals surface area (Å²) in [5.74, 6) is 1.40. The van der Waals surface area contributed by atoms with E-state index in [0.717, 1.165) is 11.1 Å². The molecule has 4 aromatic rings. The van der Waals surface area contributed by atoms with E-state index in [1.807, 2.05) is 104 Å². The van der Waals surface area contributed by atoms with Gasteiger partial charge >= 0.3 is 11.6 Å². The van der Waals surface area contributed by atoms with Gasteiger partial charge in [-0.1, -0.05) is 71.0 Å². The van der Waals surface area contributed by atoms with Gasteiger partial charge in [0.2, 0.25) is 0 Å². The third-order valence-corrected chi connectivity index (χ3v) is 5.23. The van der Waals surface area contributed by atoms with Crippen LogP contribution in [0.4, 0.5) is 0 Å². The molecular weight excluding hydrogens is 420 g/mol. The minimum absolute atomic E-state index is 0.246. The van der Waals surface area contributed by atoms with E-state index in [0.29, 0.717) is 24.7 Å². The Morgan fingerprint density at radius 3 is 1.52 bits per heavy atom. The van der Waals surface area contributed by atoms with Gasteiger partial charge in [-0.2, -0.15) is 0 Å². The van der Waals surface area contributed by atoms with Crippen molar-refractivity contribution in [2.75, 3.05) is 0 Å². The maximum absolute atomic E-state index is 9.13. The molecule has 0 saturated carbocycles. The zero-order valence-corrected chi connectivity index (χ0v) is 18.1. The lowest BCUT2D eigenvalue weighted by molar-refractivity contribution is -0.689. The van der Waals surface area contributed by atoms with Crippen molar-refractivity contribution in [3.05, 3.63) is 108 Å². The number of rotatable bonds is 10. The molecule has 2 heterocycles. The van der Waals surface area contributed by atoms with Gasteiger partial charge in [0, 0.05) is 0 Å². The summed E-state index contributed by atoms with van der Waals surface area (Å²) in [4.78, 5) is 0. The number of nitrogens with zero attached hydrogens (tertiary/aromatic N) is 6. The number of oxime groups is 2. The van der Waals surface area contributed by atoms with Gasteiger partial charge in [-0.25, -0.2) is 18.3 Å². The Morgan fingerprint density at radius 1 is 0.697 bits per heavy atom. The Labute approximate surface area is 191 Å². The van der Waals surface area contributed by atoms with E-state index in [2.05, 4.69) is 10.3 Å². The average Bonchev–Trinajstić information content (AvgIpc) is 3.40. The highest BCUT2D eigenvalue weighted by molar-refractivity contribution is 5.72. The molecule has 0 bridgehead atoms. The molecule has 2 aromatic heterocycles. The number of aromatic nitrogens is 4. The van der Waals surface area contributed by atoms with E-state index in [4.69, 9.17) is 15.2 Å². The topological polar surface area (TPSA) is 92.0 Å². The van der Waals surface area contributed by atoms with Crippen LogP contribution in [0.25, 0.3) is 0 Å². The molecular formula is C24H26N6O3+2. The smallest absolute Gasteiger partial charge is 0.305 e. The van der Waals surface area contributed by atoms with Crippen molar-refractivity contribution in [3.63, 3.8) is 0 Å². The van der Waals surface area contributed by atoms with Crippen LogP contribution >= 0.6 is 0 Å². The Balaban J connectivity index is 1.45. The number of hydrogen-bond donors (Lipinski definition) is 2. The molecule has 0 amide bonds. The standard InChI is InChI=1S/C24H24N6O3/c31-25-15-23-27(17-21-7-3-1-4-8-21)11-13-29(23)19-33-20-30-14-12-28(24(30)16-26-32)18-22-9-5-2-6-10-22/h1-16H,17-20H2/p+2. The summed E-state index contributed by atoms with van der Waals surface area (Å²) in [5, 5.41) is 24.7. The number of benzene rings is 2. The van der Waals surface area contributed by atoms with Crippen LogP contribution in [-0.2, 0) is 31.3 Å². The minimum atomic E-state index is 0.246. The monoisotopic (exact) mass is 446 g/mol. The molecule has 9 heteroatoms. The highest BCUT2D eigenvalue weighted by Crippen LogP contribution is 2.03. The zero-order valence-electron chi connectivity index (χ0n) is 18.1. The second kappa shape index (κ2) is 10.9. The minimum Gasteiger partial charge on any atom is -0.411 e. The zero-order chi connectivity index (χ0) is 22.9. The normalized spacial score (nSPS) is 11.6. The molecule has 4 rings (SSSR count). The molecule has 0 unspecified atom stereocenters. The van der Waals surface area contributed by atoms with Crippen LogP contribution in [0, 0.1) is 0 Å². The van der Waals surface area contributed by atoms with Crippen LogP contribution in [0.15, 0.2) is 95.8 Å². The van der Waals surface area contributed by atoms with Gasteiger partial charge in [0.1, 0.15) is 37.9 Å². The molecule has 0 atom stereocenters. The summed E-state index contributed by atoms with van der Waals surface area (Å²) >= 11 is 0. The average molecular weight is 447 g/mol. The van der Waals surface area contributed by atoms with Crippen LogP contribution in [0.3, 0.4) is 0 Å². The molecule has 0 radical (unpaired) electrons. The molecule has 0 aliphatic carbocycles. The fourth-order valence-corrected chi connectivity index (χ4v) is 3.64. The third-order valence-electron chi connectivity index (χ3n) is 5.23. The summed E-state index contributed by atoms with van der Waals surface area (Å²) in [5.41, 5.74) is 2.27. The van der Waals surface area contributed by atoms with Crippen molar-refractivity contribution in [1.29, 1.82) is 0 Å². The summed E-state index contributed by atoms with van der Waals surface area (Å²) < 4.78 is 13.6.